The van der Waals surface area contributed by atoms with Crippen LogP contribution in [0.15, 0.2) is 52.7 Å². The zero-order valence-corrected chi connectivity index (χ0v) is 10.4. The Morgan fingerprint density at radius 3 is 2.56 bits per heavy atom. The van der Waals surface area contributed by atoms with E-state index >= 15 is 0 Å². The molecule has 4 heteroatoms. The van der Waals surface area contributed by atoms with E-state index in [0.717, 1.165) is 11.1 Å². The van der Waals surface area contributed by atoms with Crippen molar-refractivity contribution in [2.75, 3.05) is 7.05 Å². The monoisotopic (exact) mass is 241 g/mol. The van der Waals surface area contributed by atoms with Crippen molar-refractivity contribution in [3.05, 3.63) is 53.2 Å². The minimum atomic E-state index is -0.296. The Morgan fingerprint density at radius 1 is 1.33 bits per heavy atom. The van der Waals surface area contributed by atoms with Gasteiger partial charge >= 0.3 is 0 Å². The first-order chi connectivity index (χ1) is 8.58. The summed E-state index contributed by atoms with van der Waals surface area (Å²) < 4.78 is 0. The number of hydrogen-bond acceptors (Lipinski definition) is 3. The summed E-state index contributed by atoms with van der Waals surface area (Å²) in [6.45, 7) is 1.94. The summed E-state index contributed by atoms with van der Waals surface area (Å²) in [6.07, 6.45) is 3.79. The van der Waals surface area contributed by atoms with Gasteiger partial charge in [0, 0.05) is 7.05 Å². The van der Waals surface area contributed by atoms with Crippen LogP contribution in [0.4, 0.5) is 0 Å². The second-order valence-corrected chi connectivity index (χ2v) is 4.16. The maximum atomic E-state index is 11.6. The molecule has 1 aromatic rings. The molecule has 0 atom stereocenters. The number of guanidine groups is 1. The quantitative estimate of drug-likeness (QED) is 0.803. The van der Waals surface area contributed by atoms with Crippen LogP contribution in [-0.4, -0.2) is 23.8 Å². The highest BCUT2D eigenvalue weighted by Crippen LogP contribution is 2.15. The third-order valence-corrected chi connectivity index (χ3v) is 2.70. The first-order valence-corrected chi connectivity index (χ1v) is 5.65. The van der Waals surface area contributed by atoms with Crippen LogP contribution in [0.1, 0.15) is 12.5 Å². The third-order valence-electron chi connectivity index (χ3n) is 2.70. The summed E-state index contributed by atoms with van der Waals surface area (Å²) in [5.41, 5.74) is 8.14. The number of nitrogens with zero attached hydrogens (tertiary/aromatic N) is 2. The lowest BCUT2D eigenvalue weighted by atomic mass is 10.1. The number of hydrogen-bond donors (Lipinski definition) is 1. The van der Waals surface area contributed by atoms with E-state index in [1.165, 1.54) is 0 Å². The van der Waals surface area contributed by atoms with E-state index in [-0.39, 0.29) is 11.9 Å². The normalized spacial score (nSPS) is 18.4. The number of aliphatic imine (C=N–C) groups is 1. The van der Waals surface area contributed by atoms with E-state index in [4.69, 9.17) is 5.73 Å². The summed E-state index contributed by atoms with van der Waals surface area (Å²) in [5, 5.41) is 0. The van der Waals surface area contributed by atoms with Crippen LogP contribution in [0.2, 0.25) is 0 Å². The minimum Gasteiger partial charge on any atom is -0.369 e. The lowest BCUT2D eigenvalue weighted by Crippen LogP contribution is -2.28. The summed E-state index contributed by atoms with van der Waals surface area (Å²) >= 11 is 0. The van der Waals surface area contributed by atoms with Crippen molar-refractivity contribution < 1.29 is 4.79 Å². The van der Waals surface area contributed by atoms with Gasteiger partial charge in [-0.3, -0.25) is 4.79 Å². The van der Waals surface area contributed by atoms with Gasteiger partial charge in [0.15, 0.2) is 0 Å². The molecule has 4 nitrogen and oxygen atoms in total. The van der Waals surface area contributed by atoms with Gasteiger partial charge in [-0.2, -0.15) is 4.99 Å². The van der Waals surface area contributed by atoms with Crippen molar-refractivity contribution in [3.63, 3.8) is 0 Å². The van der Waals surface area contributed by atoms with E-state index in [2.05, 4.69) is 4.99 Å². The molecule has 1 aliphatic rings. The second kappa shape index (κ2) is 4.87. The van der Waals surface area contributed by atoms with Gasteiger partial charge in [-0.1, -0.05) is 36.4 Å². The lowest BCUT2D eigenvalue weighted by molar-refractivity contribution is -0.114. The summed E-state index contributed by atoms with van der Waals surface area (Å²) in [6, 6.07) is 9.93. The zero-order valence-electron chi connectivity index (χ0n) is 10.4. The number of allylic oxidation sites excluding steroid dienone is 2. The number of nitrogens with two attached hydrogens (primary N) is 1. The number of amides is 1. The molecule has 1 heterocycles. The molecular weight excluding hydrogens is 226 g/mol. The highest BCUT2D eigenvalue weighted by atomic mass is 16.2. The molecular formula is C14H15N3O. The molecule has 0 aliphatic carbocycles. The van der Waals surface area contributed by atoms with Crippen LogP contribution in [0.25, 0.3) is 6.08 Å². The fourth-order valence-electron chi connectivity index (χ4n) is 1.73. The van der Waals surface area contributed by atoms with E-state index in [1.807, 2.05) is 43.3 Å². The highest BCUT2D eigenvalue weighted by Gasteiger charge is 2.23. The van der Waals surface area contributed by atoms with E-state index < -0.39 is 0 Å². The summed E-state index contributed by atoms with van der Waals surface area (Å²) in [5.74, 6) is -0.0606. The van der Waals surface area contributed by atoms with Crippen LogP contribution >= 0.6 is 0 Å². The molecule has 1 amide bonds. The Bertz CT molecular complexity index is 556. The van der Waals surface area contributed by atoms with Crippen LogP contribution in [0.3, 0.4) is 0 Å². The molecule has 0 radical (unpaired) electrons. The fourth-order valence-corrected chi connectivity index (χ4v) is 1.73. The Morgan fingerprint density at radius 2 is 2.00 bits per heavy atom. The van der Waals surface area contributed by atoms with Gasteiger partial charge in [0.05, 0.1) is 0 Å². The van der Waals surface area contributed by atoms with Gasteiger partial charge in [-0.25, -0.2) is 0 Å². The van der Waals surface area contributed by atoms with Gasteiger partial charge in [-0.05, 0) is 24.1 Å². The molecule has 0 saturated heterocycles. The first kappa shape index (κ1) is 12.1. The predicted octanol–water partition coefficient (Wildman–Crippen LogP) is 1.76. The van der Waals surface area contributed by atoms with Gasteiger partial charge < -0.3 is 10.6 Å². The van der Waals surface area contributed by atoms with Crippen molar-refractivity contribution in [2.45, 2.75) is 6.92 Å². The number of carbonyl (C=O) groups excluding carboxylic acids is 1. The van der Waals surface area contributed by atoms with Gasteiger partial charge in [0.2, 0.25) is 5.96 Å². The molecule has 0 unspecified atom stereocenters. The lowest BCUT2D eigenvalue weighted by Gasteiger charge is -2.11. The maximum Gasteiger partial charge on any atom is 0.296 e. The Hall–Kier alpha value is -2.36. The molecule has 18 heavy (non-hydrogen) atoms. The van der Waals surface area contributed by atoms with Gasteiger partial charge in [0.25, 0.3) is 5.91 Å². The van der Waals surface area contributed by atoms with Crippen molar-refractivity contribution in [1.29, 1.82) is 0 Å². The standard InChI is InChI=1S/C14H15N3O/c1-10(8-11-6-4-3-5-7-11)9-12-13(18)16-14(15)17(12)2/h3-9H,1-2H3,(H2,15,16,18)/b10-8+,12-9+. The van der Waals surface area contributed by atoms with E-state index in [9.17, 15) is 4.79 Å². The predicted molar refractivity (Wildman–Crippen MR) is 72.6 cm³/mol. The molecule has 1 aliphatic heterocycles. The maximum absolute atomic E-state index is 11.6. The molecule has 92 valence electrons. The molecule has 0 saturated carbocycles. The van der Waals surface area contributed by atoms with Crippen LogP contribution in [-0.2, 0) is 4.79 Å². The minimum absolute atomic E-state index is 0.235. The molecule has 2 rings (SSSR count). The van der Waals surface area contributed by atoms with Crippen LogP contribution in [0.5, 0.6) is 0 Å². The number of benzene rings is 1. The Kier molecular flexibility index (Phi) is 3.28. The topological polar surface area (TPSA) is 58.7 Å². The fraction of sp³-hybridized carbons (Fsp3) is 0.143. The number of rotatable bonds is 2. The largest absolute Gasteiger partial charge is 0.369 e. The van der Waals surface area contributed by atoms with E-state index in [0.29, 0.717) is 5.70 Å². The second-order valence-electron chi connectivity index (χ2n) is 4.16. The average molecular weight is 241 g/mol. The molecule has 1 aromatic carbocycles. The summed E-state index contributed by atoms with van der Waals surface area (Å²) in [7, 11) is 1.73. The molecule has 0 fully saturated rings. The zero-order chi connectivity index (χ0) is 13.1. The highest BCUT2D eigenvalue weighted by molar-refractivity contribution is 6.09. The van der Waals surface area contributed by atoms with Crippen molar-refractivity contribution in [3.8, 4) is 0 Å². The molecule has 0 bridgehead atoms. The molecule has 0 aromatic heterocycles. The number of carbonyl (C=O) groups is 1. The third kappa shape index (κ3) is 2.48. The number of likely N-dealkylation sites (N-methyl/N-ethyl adjacent to an activating group) is 1. The first-order valence-electron chi connectivity index (χ1n) is 5.65. The molecule has 0 spiro atoms. The average Bonchev–Trinajstić information content (AvgIpc) is 2.57. The van der Waals surface area contributed by atoms with Gasteiger partial charge in [-0.15, -0.1) is 0 Å². The van der Waals surface area contributed by atoms with Crippen molar-refractivity contribution in [1.82, 2.24) is 4.90 Å². The Balaban J connectivity index is 2.24. The van der Waals surface area contributed by atoms with Gasteiger partial charge in [0.1, 0.15) is 5.70 Å². The smallest absolute Gasteiger partial charge is 0.296 e. The molecule has 2 N–H and O–H groups in total. The van der Waals surface area contributed by atoms with Crippen LogP contribution < -0.4 is 5.73 Å². The SMILES string of the molecule is CC(=C\c1ccccc1)/C=C1\C(=O)N=C(N)N1C. The van der Waals surface area contributed by atoms with Crippen molar-refractivity contribution in [2.24, 2.45) is 10.7 Å². The van der Waals surface area contributed by atoms with E-state index in [1.54, 1.807) is 18.0 Å². The summed E-state index contributed by atoms with van der Waals surface area (Å²) in [4.78, 5) is 16.9. The van der Waals surface area contributed by atoms with Crippen LogP contribution in [0, 0.1) is 0 Å². The Labute approximate surface area is 106 Å². The van der Waals surface area contributed by atoms with Crippen molar-refractivity contribution >= 4 is 17.9 Å².